The van der Waals surface area contributed by atoms with E-state index in [0.717, 1.165) is 10.0 Å². The van der Waals surface area contributed by atoms with Crippen molar-refractivity contribution in [3.8, 4) is 0 Å². The topological polar surface area (TPSA) is 32.6 Å². The first-order valence-electron chi connectivity index (χ1n) is 3.85. The Bertz CT molecular complexity index is 333. The van der Waals surface area contributed by atoms with Gasteiger partial charge in [0.15, 0.2) is 0 Å². The fourth-order valence-electron chi connectivity index (χ4n) is 1.02. The van der Waals surface area contributed by atoms with Gasteiger partial charge >= 0.3 is 0 Å². The zero-order valence-corrected chi connectivity index (χ0v) is 8.66. The molecular weight excluding hydrogens is 230 g/mol. The Morgan fingerprint density at radius 2 is 2.38 bits per heavy atom. The Morgan fingerprint density at radius 3 is 2.92 bits per heavy atom. The van der Waals surface area contributed by atoms with Crippen LogP contribution in [0.2, 0.25) is 0 Å². The van der Waals surface area contributed by atoms with Gasteiger partial charge in [-0.3, -0.25) is 0 Å². The molecule has 0 heterocycles. The lowest BCUT2D eigenvalue weighted by atomic mass is 10.1. The van der Waals surface area contributed by atoms with Crippen molar-refractivity contribution < 1.29 is 5.21 Å². The SMILES string of the molecule is C=CC/C(=N\O)c1cccc(Br)c1. The second kappa shape index (κ2) is 4.82. The fraction of sp³-hybridized carbons (Fsp3) is 0.100. The van der Waals surface area contributed by atoms with Crippen LogP contribution in [0.5, 0.6) is 0 Å². The summed E-state index contributed by atoms with van der Waals surface area (Å²) in [4.78, 5) is 0. The molecule has 1 aromatic rings. The smallest absolute Gasteiger partial charge is 0.0905 e. The van der Waals surface area contributed by atoms with Crippen LogP contribution in [-0.2, 0) is 0 Å². The summed E-state index contributed by atoms with van der Waals surface area (Å²) in [5.41, 5.74) is 1.52. The number of halogens is 1. The first kappa shape index (κ1) is 9.99. The molecule has 0 aliphatic carbocycles. The number of oxime groups is 1. The number of allylic oxidation sites excluding steroid dienone is 1. The molecule has 0 saturated carbocycles. The molecule has 68 valence electrons. The quantitative estimate of drug-likeness (QED) is 0.374. The zero-order valence-electron chi connectivity index (χ0n) is 7.07. The van der Waals surface area contributed by atoms with Crippen LogP contribution < -0.4 is 0 Å². The predicted molar refractivity (Wildman–Crippen MR) is 57.3 cm³/mol. The van der Waals surface area contributed by atoms with Gasteiger partial charge in [-0.1, -0.05) is 39.3 Å². The van der Waals surface area contributed by atoms with Crippen molar-refractivity contribution >= 4 is 21.6 Å². The summed E-state index contributed by atoms with van der Waals surface area (Å²) in [5, 5.41) is 11.9. The summed E-state index contributed by atoms with van der Waals surface area (Å²) in [6.07, 6.45) is 2.27. The van der Waals surface area contributed by atoms with Crippen molar-refractivity contribution in [2.24, 2.45) is 5.16 Å². The third kappa shape index (κ3) is 2.70. The Kier molecular flexibility index (Phi) is 3.71. The van der Waals surface area contributed by atoms with Gasteiger partial charge in [-0.2, -0.15) is 0 Å². The van der Waals surface area contributed by atoms with Crippen molar-refractivity contribution in [2.75, 3.05) is 0 Å². The number of benzene rings is 1. The summed E-state index contributed by atoms with van der Waals surface area (Å²) in [5.74, 6) is 0. The number of nitrogens with zero attached hydrogens (tertiary/aromatic N) is 1. The molecule has 0 unspecified atom stereocenters. The van der Waals surface area contributed by atoms with Gasteiger partial charge in [-0.05, 0) is 12.1 Å². The molecule has 1 N–H and O–H groups in total. The monoisotopic (exact) mass is 239 g/mol. The maximum absolute atomic E-state index is 8.73. The summed E-state index contributed by atoms with van der Waals surface area (Å²) in [6.45, 7) is 3.59. The van der Waals surface area contributed by atoms with Crippen molar-refractivity contribution in [3.05, 3.63) is 47.0 Å². The molecule has 0 bridgehead atoms. The Morgan fingerprint density at radius 1 is 1.62 bits per heavy atom. The average molecular weight is 240 g/mol. The van der Waals surface area contributed by atoms with Gasteiger partial charge in [0.05, 0.1) is 5.71 Å². The third-order valence-electron chi connectivity index (χ3n) is 1.62. The first-order chi connectivity index (χ1) is 6.27. The second-order valence-corrected chi connectivity index (χ2v) is 3.47. The van der Waals surface area contributed by atoms with E-state index in [0.29, 0.717) is 12.1 Å². The minimum atomic E-state index is 0.562. The van der Waals surface area contributed by atoms with Crippen molar-refractivity contribution in [3.63, 3.8) is 0 Å². The van der Waals surface area contributed by atoms with Crippen LogP contribution in [0.4, 0.5) is 0 Å². The third-order valence-corrected chi connectivity index (χ3v) is 2.11. The molecule has 2 nitrogen and oxygen atoms in total. The van der Waals surface area contributed by atoms with Crippen LogP contribution in [0.1, 0.15) is 12.0 Å². The van der Waals surface area contributed by atoms with Gasteiger partial charge < -0.3 is 5.21 Å². The van der Waals surface area contributed by atoms with Crippen molar-refractivity contribution in [1.29, 1.82) is 0 Å². The molecule has 0 saturated heterocycles. The normalized spacial score (nSPS) is 11.3. The molecule has 0 atom stereocenters. The molecule has 0 fully saturated rings. The average Bonchev–Trinajstić information content (AvgIpc) is 2.14. The van der Waals surface area contributed by atoms with Crippen LogP contribution in [0.25, 0.3) is 0 Å². The maximum Gasteiger partial charge on any atom is 0.0905 e. The minimum absolute atomic E-state index is 0.562. The molecule has 0 spiro atoms. The second-order valence-electron chi connectivity index (χ2n) is 2.55. The van der Waals surface area contributed by atoms with Gasteiger partial charge in [0.2, 0.25) is 0 Å². The molecule has 13 heavy (non-hydrogen) atoms. The van der Waals surface area contributed by atoms with E-state index in [2.05, 4.69) is 27.7 Å². The molecule has 0 aromatic heterocycles. The number of rotatable bonds is 3. The highest BCUT2D eigenvalue weighted by molar-refractivity contribution is 9.10. The first-order valence-corrected chi connectivity index (χ1v) is 4.65. The van der Waals surface area contributed by atoms with Gasteiger partial charge in [-0.15, -0.1) is 6.58 Å². The van der Waals surface area contributed by atoms with Crippen LogP contribution >= 0.6 is 15.9 Å². The largest absolute Gasteiger partial charge is 0.411 e. The molecule has 0 aliphatic heterocycles. The van der Waals surface area contributed by atoms with Gasteiger partial charge in [0, 0.05) is 16.5 Å². The molecule has 0 aliphatic rings. The standard InChI is InChI=1S/C10H10BrNO/c1-2-4-10(12-13)8-5-3-6-9(11)7-8/h2-3,5-7,13H,1,4H2/b12-10+. The summed E-state index contributed by atoms with van der Waals surface area (Å²) < 4.78 is 0.968. The summed E-state index contributed by atoms with van der Waals surface area (Å²) >= 11 is 3.35. The fourth-order valence-corrected chi connectivity index (χ4v) is 1.42. The van der Waals surface area contributed by atoms with E-state index in [-0.39, 0.29) is 0 Å². The van der Waals surface area contributed by atoms with E-state index in [1.54, 1.807) is 6.08 Å². The minimum Gasteiger partial charge on any atom is -0.411 e. The van der Waals surface area contributed by atoms with E-state index in [4.69, 9.17) is 5.21 Å². The maximum atomic E-state index is 8.73. The lowest BCUT2D eigenvalue weighted by molar-refractivity contribution is 0.318. The predicted octanol–water partition coefficient (Wildman–Crippen LogP) is 3.20. The molecular formula is C10H10BrNO. The van der Waals surface area contributed by atoms with Crippen molar-refractivity contribution in [1.82, 2.24) is 0 Å². The van der Waals surface area contributed by atoms with Crippen LogP contribution in [-0.4, -0.2) is 10.9 Å². The highest BCUT2D eigenvalue weighted by Crippen LogP contribution is 2.13. The van der Waals surface area contributed by atoms with Crippen LogP contribution in [0, 0.1) is 0 Å². The highest BCUT2D eigenvalue weighted by atomic mass is 79.9. The highest BCUT2D eigenvalue weighted by Gasteiger charge is 2.01. The lowest BCUT2D eigenvalue weighted by Crippen LogP contribution is -1.98. The number of hydrogen-bond acceptors (Lipinski definition) is 2. The van der Waals surface area contributed by atoms with E-state index >= 15 is 0 Å². The Balaban J connectivity index is 2.98. The summed E-state index contributed by atoms with van der Waals surface area (Å²) in [6, 6.07) is 7.61. The van der Waals surface area contributed by atoms with E-state index in [1.165, 1.54) is 0 Å². The molecule has 1 rings (SSSR count). The Hall–Kier alpha value is -1.09. The van der Waals surface area contributed by atoms with Crippen LogP contribution in [0.3, 0.4) is 0 Å². The molecule has 3 heteroatoms. The molecule has 1 aromatic carbocycles. The van der Waals surface area contributed by atoms with Crippen LogP contribution in [0.15, 0.2) is 46.5 Å². The van der Waals surface area contributed by atoms with E-state index in [1.807, 2.05) is 24.3 Å². The summed E-state index contributed by atoms with van der Waals surface area (Å²) in [7, 11) is 0. The van der Waals surface area contributed by atoms with Crippen molar-refractivity contribution in [2.45, 2.75) is 6.42 Å². The zero-order chi connectivity index (χ0) is 9.68. The molecule has 0 radical (unpaired) electrons. The van der Waals surface area contributed by atoms with Gasteiger partial charge in [0.25, 0.3) is 0 Å². The Labute approximate surface area is 85.7 Å². The van der Waals surface area contributed by atoms with Gasteiger partial charge in [-0.25, -0.2) is 0 Å². The van der Waals surface area contributed by atoms with E-state index in [9.17, 15) is 0 Å². The van der Waals surface area contributed by atoms with E-state index < -0.39 is 0 Å². The molecule has 0 amide bonds. The van der Waals surface area contributed by atoms with Gasteiger partial charge in [0.1, 0.15) is 0 Å². The lowest BCUT2D eigenvalue weighted by Gasteiger charge is -2.01. The number of hydrogen-bond donors (Lipinski definition) is 1.